The quantitative estimate of drug-likeness (QED) is 0.291. The number of thiocarbonyl (C=S) groups is 1. The first kappa shape index (κ1) is 25.7. The molecule has 1 saturated heterocycles. The van der Waals surface area contributed by atoms with Crippen molar-refractivity contribution in [2.24, 2.45) is 0 Å². The fourth-order valence-corrected chi connectivity index (χ4v) is 6.12. The second-order valence-corrected chi connectivity index (χ2v) is 11.7. The summed E-state index contributed by atoms with van der Waals surface area (Å²) in [6, 6.07) is 20.3. The summed E-state index contributed by atoms with van der Waals surface area (Å²) >= 11 is 5.87. The van der Waals surface area contributed by atoms with Gasteiger partial charge >= 0.3 is 0 Å². The van der Waals surface area contributed by atoms with Gasteiger partial charge in [0, 0.05) is 29.0 Å². The van der Waals surface area contributed by atoms with Crippen molar-refractivity contribution in [3.63, 3.8) is 0 Å². The summed E-state index contributed by atoms with van der Waals surface area (Å²) in [5, 5.41) is 13.8. The van der Waals surface area contributed by atoms with E-state index in [1.54, 1.807) is 24.4 Å². The van der Waals surface area contributed by atoms with Gasteiger partial charge in [0.25, 0.3) is 0 Å². The Morgan fingerprint density at radius 3 is 2.34 bits per heavy atom. The Morgan fingerprint density at radius 1 is 1.00 bits per heavy atom. The monoisotopic (exact) mass is 547 g/mol. The Labute approximate surface area is 228 Å². The Balaban J connectivity index is 1.65. The molecule has 38 heavy (non-hydrogen) atoms. The molecule has 1 aliphatic rings. The number of sulfonamides is 1. The van der Waals surface area contributed by atoms with Gasteiger partial charge in [0.1, 0.15) is 5.75 Å². The Kier molecular flexibility index (Phi) is 6.62. The Morgan fingerprint density at radius 2 is 1.71 bits per heavy atom. The molecule has 0 bridgehead atoms. The fraction of sp³-hybridized carbons (Fsp3) is 0.214. The van der Waals surface area contributed by atoms with Gasteiger partial charge in [0.15, 0.2) is 5.11 Å². The lowest BCUT2D eigenvalue weighted by Gasteiger charge is -2.29. The van der Waals surface area contributed by atoms with Crippen molar-refractivity contribution >= 4 is 38.7 Å². The molecule has 2 aromatic carbocycles. The molecule has 8 nitrogen and oxygen atoms in total. The van der Waals surface area contributed by atoms with Crippen molar-refractivity contribution in [3.05, 3.63) is 101 Å². The van der Waals surface area contributed by atoms with E-state index in [-0.39, 0.29) is 17.8 Å². The van der Waals surface area contributed by atoms with Gasteiger partial charge in [0.2, 0.25) is 10.0 Å². The molecule has 0 saturated carbocycles. The molecule has 3 N–H and O–H groups in total. The maximum Gasteiger partial charge on any atom is 0.229 e. The molecule has 2 aromatic heterocycles. The van der Waals surface area contributed by atoms with Crippen LogP contribution in [0.5, 0.6) is 5.75 Å². The summed E-state index contributed by atoms with van der Waals surface area (Å²) in [5.74, 6) is 0.215. The molecular weight excluding hydrogens is 518 g/mol. The number of aromatic hydroxyl groups is 1. The van der Waals surface area contributed by atoms with Crippen LogP contribution in [0.4, 0.5) is 11.4 Å². The summed E-state index contributed by atoms with van der Waals surface area (Å²) in [6.07, 6.45) is 2.91. The van der Waals surface area contributed by atoms with E-state index in [2.05, 4.69) is 44.4 Å². The number of hydrogen-bond donors (Lipinski definition) is 3. The highest BCUT2D eigenvalue weighted by Gasteiger charge is 2.42. The van der Waals surface area contributed by atoms with Crippen LogP contribution in [0.25, 0.3) is 5.69 Å². The maximum absolute atomic E-state index is 11.8. The number of rotatable bonds is 6. The van der Waals surface area contributed by atoms with Crippen LogP contribution in [0.1, 0.15) is 40.3 Å². The van der Waals surface area contributed by atoms with Crippen LogP contribution >= 0.6 is 12.2 Å². The standard InChI is InChI=1S/C28H29N5O3S2/c1-17-15-21(10-13-24(17)31-38(4,35)36)33-27(26(30-28(33)37)25-7-5-6-14-29-25)23-16-18(2)32(19(23)3)20-8-11-22(34)12-9-20/h5-16,26-27,31,34H,1-4H3,(H,30,37)/t26-,27+/m0/s1. The number of aryl methyl sites for hydroxylation is 2. The van der Waals surface area contributed by atoms with Crippen LogP contribution in [-0.4, -0.2) is 34.4 Å². The summed E-state index contributed by atoms with van der Waals surface area (Å²) in [5.41, 5.74) is 7.14. The molecule has 0 aliphatic carbocycles. The van der Waals surface area contributed by atoms with Crippen LogP contribution in [0.2, 0.25) is 0 Å². The fourth-order valence-electron chi connectivity index (χ4n) is 5.15. The van der Waals surface area contributed by atoms with Crippen LogP contribution in [0.15, 0.2) is 72.9 Å². The van der Waals surface area contributed by atoms with Gasteiger partial charge in [-0.3, -0.25) is 9.71 Å². The first-order valence-electron chi connectivity index (χ1n) is 12.1. The molecule has 196 valence electrons. The van der Waals surface area contributed by atoms with Crippen LogP contribution < -0.4 is 14.9 Å². The van der Waals surface area contributed by atoms with E-state index in [1.165, 1.54) is 0 Å². The largest absolute Gasteiger partial charge is 0.508 e. The van der Waals surface area contributed by atoms with Crippen LogP contribution in [-0.2, 0) is 10.0 Å². The van der Waals surface area contributed by atoms with Crippen molar-refractivity contribution in [3.8, 4) is 11.4 Å². The van der Waals surface area contributed by atoms with Crippen molar-refractivity contribution in [2.45, 2.75) is 32.9 Å². The molecular formula is C28H29N5O3S2. The van der Waals surface area contributed by atoms with Crippen molar-refractivity contribution in [1.29, 1.82) is 0 Å². The number of benzene rings is 2. The van der Waals surface area contributed by atoms with E-state index in [0.29, 0.717) is 10.8 Å². The molecule has 0 unspecified atom stereocenters. The Hall–Kier alpha value is -3.89. The van der Waals surface area contributed by atoms with Gasteiger partial charge < -0.3 is 19.9 Å². The zero-order valence-corrected chi connectivity index (χ0v) is 23.1. The average Bonchev–Trinajstić information content (AvgIpc) is 3.36. The van der Waals surface area contributed by atoms with Gasteiger partial charge in [-0.15, -0.1) is 0 Å². The molecule has 1 fully saturated rings. The number of pyridine rings is 1. The number of phenolic OH excluding ortho intramolecular Hbond substituents is 1. The zero-order chi connectivity index (χ0) is 27.2. The summed E-state index contributed by atoms with van der Waals surface area (Å²) in [4.78, 5) is 6.72. The molecule has 1 aliphatic heterocycles. The van der Waals surface area contributed by atoms with E-state index in [4.69, 9.17) is 12.2 Å². The van der Waals surface area contributed by atoms with E-state index in [9.17, 15) is 13.5 Å². The van der Waals surface area contributed by atoms with E-state index < -0.39 is 10.0 Å². The molecule has 4 aromatic rings. The summed E-state index contributed by atoms with van der Waals surface area (Å²) in [7, 11) is -3.41. The number of nitrogens with zero attached hydrogens (tertiary/aromatic N) is 3. The highest BCUT2D eigenvalue weighted by atomic mass is 32.2. The number of anilines is 2. The van der Waals surface area contributed by atoms with Gasteiger partial charge in [-0.2, -0.15) is 0 Å². The molecule has 0 spiro atoms. The van der Waals surface area contributed by atoms with Gasteiger partial charge in [-0.1, -0.05) is 6.07 Å². The normalized spacial score (nSPS) is 17.5. The van der Waals surface area contributed by atoms with E-state index in [1.807, 2.05) is 49.4 Å². The second kappa shape index (κ2) is 9.77. The number of phenols is 1. The van der Waals surface area contributed by atoms with Crippen molar-refractivity contribution < 1.29 is 13.5 Å². The predicted molar refractivity (Wildman–Crippen MR) is 154 cm³/mol. The minimum Gasteiger partial charge on any atom is -0.508 e. The lowest BCUT2D eigenvalue weighted by Crippen LogP contribution is -2.29. The molecule has 0 amide bonds. The number of hydrogen-bond acceptors (Lipinski definition) is 5. The van der Waals surface area contributed by atoms with Gasteiger partial charge in [0.05, 0.1) is 29.7 Å². The lowest BCUT2D eigenvalue weighted by atomic mass is 9.96. The van der Waals surface area contributed by atoms with Gasteiger partial charge in [-0.05, 0) is 105 Å². The molecule has 5 rings (SSSR count). The zero-order valence-electron chi connectivity index (χ0n) is 21.5. The lowest BCUT2D eigenvalue weighted by molar-refractivity contribution is 0.475. The second-order valence-electron chi connectivity index (χ2n) is 9.55. The summed E-state index contributed by atoms with van der Waals surface area (Å²) in [6.45, 7) is 6.00. The smallest absolute Gasteiger partial charge is 0.229 e. The maximum atomic E-state index is 11.8. The third kappa shape index (κ3) is 4.84. The Bertz CT molecular complexity index is 1620. The topological polar surface area (TPSA) is 99.5 Å². The number of nitrogens with one attached hydrogen (secondary N) is 2. The predicted octanol–water partition coefficient (Wildman–Crippen LogP) is 5.05. The molecule has 3 heterocycles. The van der Waals surface area contributed by atoms with E-state index in [0.717, 1.165) is 45.8 Å². The molecule has 10 heteroatoms. The van der Waals surface area contributed by atoms with Crippen molar-refractivity contribution in [1.82, 2.24) is 14.9 Å². The third-order valence-electron chi connectivity index (χ3n) is 6.78. The molecule has 0 radical (unpaired) electrons. The first-order chi connectivity index (χ1) is 18.0. The summed E-state index contributed by atoms with van der Waals surface area (Å²) < 4.78 is 28.4. The van der Waals surface area contributed by atoms with E-state index >= 15 is 0 Å². The SMILES string of the molecule is Cc1cc(N2C(=S)N[C@@H](c3ccccn3)[C@H]2c2cc(C)n(-c3ccc(O)cc3)c2C)ccc1NS(C)(=O)=O. The highest BCUT2D eigenvalue weighted by molar-refractivity contribution is 7.92. The van der Waals surface area contributed by atoms with Gasteiger partial charge in [-0.25, -0.2) is 8.42 Å². The highest BCUT2D eigenvalue weighted by Crippen LogP contribution is 2.44. The average molecular weight is 548 g/mol. The number of aromatic nitrogens is 2. The molecule has 2 atom stereocenters. The van der Waals surface area contributed by atoms with Crippen LogP contribution in [0, 0.1) is 20.8 Å². The van der Waals surface area contributed by atoms with Crippen LogP contribution in [0.3, 0.4) is 0 Å². The minimum atomic E-state index is -3.41. The van der Waals surface area contributed by atoms with Crippen molar-refractivity contribution in [2.75, 3.05) is 15.9 Å². The third-order valence-corrected chi connectivity index (χ3v) is 7.68. The minimum absolute atomic E-state index is 0.215. The first-order valence-corrected chi connectivity index (χ1v) is 14.4.